The van der Waals surface area contributed by atoms with Gasteiger partial charge in [-0.1, -0.05) is 30.3 Å². The number of amides is 1. The fraction of sp³-hybridized carbons (Fsp3) is 0.231. The zero-order chi connectivity index (χ0) is 24.2. The van der Waals surface area contributed by atoms with Crippen LogP contribution in [0.2, 0.25) is 0 Å². The van der Waals surface area contributed by atoms with Gasteiger partial charge >= 0.3 is 0 Å². The van der Waals surface area contributed by atoms with Gasteiger partial charge in [-0.3, -0.25) is 9.48 Å². The normalized spacial score (nSPS) is 13.5. The van der Waals surface area contributed by atoms with E-state index in [0.717, 1.165) is 41.5 Å². The molecule has 2 N–H and O–H groups in total. The van der Waals surface area contributed by atoms with E-state index in [4.69, 9.17) is 4.74 Å². The molecule has 0 bridgehead atoms. The minimum absolute atomic E-state index is 0.222. The second-order valence-corrected chi connectivity index (χ2v) is 8.35. The number of anilines is 4. The summed E-state index contributed by atoms with van der Waals surface area (Å²) < 4.78 is 7.03. The predicted octanol–water partition coefficient (Wildman–Crippen LogP) is 4.02. The second-order valence-electron chi connectivity index (χ2n) is 8.35. The van der Waals surface area contributed by atoms with Crippen molar-refractivity contribution >= 4 is 29.0 Å². The smallest absolute Gasteiger partial charge is 0.273 e. The van der Waals surface area contributed by atoms with Crippen LogP contribution in [-0.2, 0) is 11.8 Å². The molecule has 0 unspecified atom stereocenters. The molecule has 35 heavy (non-hydrogen) atoms. The molecule has 1 aliphatic rings. The molecule has 3 heterocycles. The SMILES string of the molecule is Cc1cc(N2CCOCC2)nc(Nc2ccc(NC(=O)c3cc(-c4ccccc4)nn3C)cc2)n1. The van der Waals surface area contributed by atoms with Crippen LogP contribution in [0.15, 0.2) is 66.7 Å². The predicted molar refractivity (Wildman–Crippen MR) is 136 cm³/mol. The van der Waals surface area contributed by atoms with Gasteiger partial charge in [-0.2, -0.15) is 10.1 Å². The zero-order valence-corrected chi connectivity index (χ0v) is 19.7. The molecule has 0 atom stereocenters. The van der Waals surface area contributed by atoms with Gasteiger partial charge in [-0.25, -0.2) is 4.98 Å². The number of ether oxygens (including phenoxy) is 1. The first kappa shape index (κ1) is 22.5. The summed E-state index contributed by atoms with van der Waals surface area (Å²) in [6.45, 7) is 4.98. The maximum Gasteiger partial charge on any atom is 0.273 e. The molecule has 0 spiro atoms. The van der Waals surface area contributed by atoms with E-state index in [1.54, 1.807) is 17.8 Å². The highest BCUT2D eigenvalue weighted by molar-refractivity contribution is 6.03. The molecule has 1 aliphatic heterocycles. The molecule has 178 valence electrons. The lowest BCUT2D eigenvalue weighted by atomic mass is 10.1. The summed E-state index contributed by atoms with van der Waals surface area (Å²) in [4.78, 5) is 24.2. The van der Waals surface area contributed by atoms with Crippen molar-refractivity contribution in [3.05, 3.63) is 78.1 Å². The fourth-order valence-electron chi connectivity index (χ4n) is 3.95. The molecule has 5 rings (SSSR count). The van der Waals surface area contributed by atoms with Crippen LogP contribution in [0.4, 0.5) is 23.1 Å². The summed E-state index contributed by atoms with van der Waals surface area (Å²) in [6, 6.07) is 21.0. The topological polar surface area (TPSA) is 97.2 Å². The van der Waals surface area contributed by atoms with Crippen molar-refractivity contribution in [2.75, 3.05) is 41.8 Å². The quantitative estimate of drug-likeness (QED) is 0.440. The number of morpholine rings is 1. The Morgan fingerprint density at radius 3 is 2.40 bits per heavy atom. The summed E-state index contributed by atoms with van der Waals surface area (Å²) in [5.41, 5.74) is 4.60. The Bertz CT molecular complexity index is 1310. The second kappa shape index (κ2) is 9.94. The molecule has 4 aromatic rings. The lowest BCUT2D eigenvalue weighted by molar-refractivity contribution is 0.101. The van der Waals surface area contributed by atoms with Gasteiger partial charge < -0.3 is 20.3 Å². The highest BCUT2D eigenvalue weighted by Gasteiger charge is 2.16. The summed E-state index contributed by atoms with van der Waals surface area (Å²) in [5.74, 6) is 1.20. The first-order valence-corrected chi connectivity index (χ1v) is 11.5. The third-order valence-corrected chi connectivity index (χ3v) is 5.76. The maximum atomic E-state index is 12.9. The number of carbonyl (C=O) groups is 1. The maximum absolute atomic E-state index is 12.9. The highest BCUT2D eigenvalue weighted by atomic mass is 16.5. The van der Waals surface area contributed by atoms with Gasteiger partial charge in [-0.05, 0) is 37.3 Å². The van der Waals surface area contributed by atoms with E-state index in [2.05, 4.69) is 30.6 Å². The molecule has 0 radical (unpaired) electrons. The molecule has 9 heteroatoms. The van der Waals surface area contributed by atoms with E-state index in [1.165, 1.54) is 0 Å². The van der Waals surface area contributed by atoms with Gasteiger partial charge in [0.1, 0.15) is 11.5 Å². The number of aryl methyl sites for hydroxylation is 2. The number of nitrogens with zero attached hydrogens (tertiary/aromatic N) is 5. The number of hydrogen-bond donors (Lipinski definition) is 2. The molecule has 9 nitrogen and oxygen atoms in total. The average molecular weight is 470 g/mol. The molecule has 0 saturated carbocycles. The number of nitrogens with one attached hydrogen (secondary N) is 2. The van der Waals surface area contributed by atoms with Crippen LogP contribution in [0, 0.1) is 6.92 Å². The Morgan fingerprint density at radius 1 is 0.943 bits per heavy atom. The first-order valence-electron chi connectivity index (χ1n) is 11.5. The standard InChI is InChI=1S/C26H27N7O2/c1-18-16-24(33-12-14-35-15-13-33)30-26(27-18)29-21-10-8-20(9-11-21)28-25(34)23-17-22(31-32(23)2)19-6-4-3-5-7-19/h3-11,16-17H,12-15H2,1-2H3,(H,28,34)(H,27,29,30). The van der Waals surface area contributed by atoms with Crippen LogP contribution in [0.1, 0.15) is 16.2 Å². The molecule has 2 aromatic carbocycles. The number of carbonyl (C=O) groups excluding carboxylic acids is 1. The van der Waals surface area contributed by atoms with Crippen LogP contribution in [0.3, 0.4) is 0 Å². The average Bonchev–Trinajstić information content (AvgIpc) is 3.28. The van der Waals surface area contributed by atoms with Crippen LogP contribution in [0.5, 0.6) is 0 Å². The number of hydrogen-bond acceptors (Lipinski definition) is 7. The molecular formula is C26H27N7O2. The van der Waals surface area contributed by atoms with Gasteiger partial charge in [0, 0.05) is 48.8 Å². The van der Waals surface area contributed by atoms with Crippen molar-refractivity contribution in [1.29, 1.82) is 0 Å². The molecular weight excluding hydrogens is 442 g/mol. The summed E-state index contributed by atoms with van der Waals surface area (Å²) >= 11 is 0. The molecule has 1 fully saturated rings. The van der Waals surface area contributed by atoms with Gasteiger partial charge in [0.2, 0.25) is 5.95 Å². The monoisotopic (exact) mass is 469 g/mol. The van der Waals surface area contributed by atoms with E-state index in [9.17, 15) is 4.79 Å². The van der Waals surface area contributed by atoms with Gasteiger partial charge in [0.05, 0.1) is 18.9 Å². The minimum atomic E-state index is -0.222. The Morgan fingerprint density at radius 2 is 1.66 bits per heavy atom. The number of benzene rings is 2. The van der Waals surface area contributed by atoms with Crippen LogP contribution < -0.4 is 15.5 Å². The first-order chi connectivity index (χ1) is 17.0. The Hall–Kier alpha value is -4.24. The summed E-state index contributed by atoms with van der Waals surface area (Å²) in [5, 5.41) is 10.7. The van der Waals surface area contributed by atoms with E-state index >= 15 is 0 Å². The van der Waals surface area contributed by atoms with Crippen molar-refractivity contribution in [2.45, 2.75) is 6.92 Å². The number of rotatable bonds is 6. The Labute approximate surface area is 203 Å². The lowest BCUT2D eigenvalue weighted by Gasteiger charge is -2.28. The highest BCUT2D eigenvalue weighted by Crippen LogP contribution is 2.22. The molecule has 1 amide bonds. The van der Waals surface area contributed by atoms with Crippen molar-refractivity contribution in [1.82, 2.24) is 19.7 Å². The van der Waals surface area contributed by atoms with Crippen LogP contribution in [-0.4, -0.2) is 52.0 Å². The van der Waals surface area contributed by atoms with E-state index < -0.39 is 0 Å². The molecule has 1 saturated heterocycles. The third kappa shape index (κ3) is 5.30. The van der Waals surface area contributed by atoms with Crippen LogP contribution >= 0.6 is 0 Å². The summed E-state index contributed by atoms with van der Waals surface area (Å²) in [7, 11) is 1.77. The van der Waals surface area contributed by atoms with Crippen molar-refractivity contribution in [2.24, 2.45) is 7.05 Å². The van der Waals surface area contributed by atoms with Gasteiger partial charge in [0.25, 0.3) is 5.91 Å². The van der Waals surface area contributed by atoms with Gasteiger partial charge in [0.15, 0.2) is 0 Å². The molecule has 2 aromatic heterocycles. The minimum Gasteiger partial charge on any atom is -0.378 e. The van der Waals surface area contributed by atoms with Gasteiger partial charge in [-0.15, -0.1) is 0 Å². The largest absolute Gasteiger partial charge is 0.378 e. The molecule has 0 aliphatic carbocycles. The Balaban J connectivity index is 1.26. The third-order valence-electron chi connectivity index (χ3n) is 5.76. The lowest BCUT2D eigenvalue weighted by Crippen LogP contribution is -2.36. The van der Waals surface area contributed by atoms with Crippen molar-refractivity contribution in [3.8, 4) is 11.3 Å². The van der Waals surface area contributed by atoms with Crippen LogP contribution in [0.25, 0.3) is 11.3 Å². The van der Waals surface area contributed by atoms with E-state index in [-0.39, 0.29) is 5.91 Å². The number of aromatic nitrogens is 4. The van der Waals surface area contributed by atoms with Crippen molar-refractivity contribution in [3.63, 3.8) is 0 Å². The zero-order valence-electron chi connectivity index (χ0n) is 19.7. The fourth-order valence-corrected chi connectivity index (χ4v) is 3.95. The Kier molecular flexibility index (Phi) is 6.40. The van der Waals surface area contributed by atoms with E-state index in [1.807, 2.05) is 67.6 Å². The summed E-state index contributed by atoms with van der Waals surface area (Å²) in [6.07, 6.45) is 0. The van der Waals surface area contributed by atoms with E-state index in [0.29, 0.717) is 30.5 Å². The van der Waals surface area contributed by atoms with Crippen molar-refractivity contribution < 1.29 is 9.53 Å².